The highest BCUT2D eigenvalue weighted by atomic mass is 35.5. The Morgan fingerprint density at radius 2 is 2.04 bits per heavy atom. The number of thioether (sulfide) groups is 1. The summed E-state index contributed by atoms with van der Waals surface area (Å²) in [6, 6.07) is 5.04. The molecule has 0 bridgehead atoms. The van der Waals surface area contributed by atoms with E-state index < -0.39 is 5.25 Å². The third kappa shape index (κ3) is 3.45. The van der Waals surface area contributed by atoms with Crippen LogP contribution < -0.4 is 10.9 Å². The number of aryl methyl sites for hydroxylation is 2. The summed E-state index contributed by atoms with van der Waals surface area (Å²) >= 11 is 15.1. The van der Waals surface area contributed by atoms with E-state index in [9.17, 15) is 9.59 Å². The predicted octanol–water partition coefficient (Wildman–Crippen LogP) is 4.91. The van der Waals surface area contributed by atoms with Crippen molar-refractivity contribution in [1.82, 2.24) is 9.55 Å². The number of amides is 1. The predicted molar refractivity (Wildman–Crippen MR) is 117 cm³/mol. The van der Waals surface area contributed by atoms with Crippen LogP contribution in [0.15, 0.2) is 28.2 Å². The molecule has 0 saturated carbocycles. The quantitative estimate of drug-likeness (QED) is 0.450. The van der Waals surface area contributed by atoms with Gasteiger partial charge in [0.25, 0.3) is 5.56 Å². The van der Waals surface area contributed by atoms with Crippen LogP contribution in [-0.4, -0.2) is 20.7 Å². The molecule has 9 heteroatoms. The number of hydrogen-bond acceptors (Lipinski definition) is 5. The van der Waals surface area contributed by atoms with Crippen molar-refractivity contribution in [2.75, 3.05) is 5.32 Å². The van der Waals surface area contributed by atoms with Crippen LogP contribution in [0.25, 0.3) is 10.2 Å². The summed E-state index contributed by atoms with van der Waals surface area (Å²) in [7, 11) is 1.70. The zero-order valence-corrected chi connectivity index (χ0v) is 18.4. The van der Waals surface area contributed by atoms with Crippen molar-refractivity contribution in [3.63, 3.8) is 0 Å². The smallest absolute Gasteiger partial charge is 0.262 e. The lowest BCUT2D eigenvalue weighted by atomic mass is 10.2. The largest absolute Gasteiger partial charge is 0.323 e. The first-order valence-electron chi connectivity index (χ1n) is 8.79. The van der Waals surface area contributed by atoms with Gasteiger partial charge in [0.15, 0.2) is 5.16 Å². The number of benzene rings is 1. The summed E-state index contributed by atoms with van der Waals surface area (Å²) in [6.07, 6.45) is 3.05. The molecule has 146 valence electrons. The summed E-state index contributed by atoms with van der Waals surface area (Å²) in [6.45, 7) is 1.76. The molecule has 2 aromatic heterocycles. The van der Waals surface area contributed by atoms with Crippen LogP contribution in [0.5, 0.6) is 0 Å². The number of anilines is 1. The third-order valence-corrected chi connectivity index (χ3v) is 7.73. The van der Waals surface area contributed by atoms with E-state index in [1.165, 1.54) is 21.2 Å². The van der Waals surface area contributed by atoms with Gasteiger partial charge < -0.3 is 5.32 Å². The van der Waals surface area contributed by atoms with Crippen LogP contribution in [0.3, 0.4) is 0 Å². The van der Waals surface area contributed by atoms with E-state index in [0.29, 0.717) is 20.9 Å². The number of fused-ring (bicyclic) bond motifs is 3. The van der Waals surface area contributed by atoms with Gasteiger partial charge in [-0.05, 0) is 43.9 Å². The van der Waals surface area contributed by atoms with Gasteiger partial charge in [0.05, 0.1) is 26.4 Å². The molecular formula is C19H17Cl2N3O2S2. The van der Waals surface area contributed by atoms with Crippen LogP contribution in [0, 0.1) is 0 Å². The molecule has 5 nitrogen and oxygen atoms in total. The molecule has 0 fully saturated rings. The van der Waals surface area contributed by atoms with Crippen molar-refractivity contribution < 1.29 is 4.79 Å². The summed E-state index contributed by atoms with van der Waals surface area (Å²) in [5, 5.41) is 4.28. The first kappa shape index (κ1) is 19.8. The van der Waals surface area contributed by atoms with Gasteiger partial charge in [0.2, 0.25) is 5.91 Å². The number of nitrogens with zero attached hydrogens (tertiary/aromatic N) is 2. The molecule has 1 aliphatic carbocycles. The maximum Gasteiger partial charge on any atom is 0.262 e. The maximum atomic E-state index is 12.9. The molecule has 28 heavy (non-hydrogen) atoms. The van der Waals surface area contributed by atoms with E-state index in [4.69, 9.17) is 23.2 Å². The number of para-hydroxylation sites is 1. The fraction of sp³-hybridized carbons (Fsp3) is 0.316. The minimum Gasteiger partial charge on any atom is -0.323 e. The number of aromatic nitrogens is 2. The van der Waals surface area contributed by atoms with Gasteiger partial charge >= 0.3 is 0 Å². The number of carbonyl (C=O) groups excluding carboxylic acids is 1. The van der Waals surface area contributed by atoms with Crippen molar-refractivity contribution in [3.05, 3.63) is 49.0 Å². The number of nitrogens with one attached hydrogen (secondary N) is 1. The van der Waals surface area contributed by atoms with E-state index in [1.54, 1.807) is 43.5 Å². The Balaban J connectivity index is 1.60. The second-order valence-corrected chi connectivity index (χ2v) is 9.85. The number of hydrogen-bond donors (Lipinski definition) is 1. The molecule has 1 N–H and O–H groups in total. The number of halogens is 2. The molecule has 4 rings (SSSR count). The van der Waals surface area contributed by atoms with Crippen LogP contribution >= 0.6 is 46.3 Å². The maximum absolute atomic E-state index is 12.9. The highest BCUT2D eigenvalue weighted by Crippen LogP contribution is 2.36. The van der Waals surface area contributed by atoms with E-state index in [2.05, 4.69) is 10.3 Å². The van der Waals surface area contributed by atoms with Gasteiger partial charge in [-0.1, -0.05) is 41.0 Å². The van der Waals surface area contributed by atoms with E-state index in [1.807, 2.05) is 0 Å². The summed E-state index contributed by atoms with van der Waals surface area (Å²) in [5.41, 5.74) is 1.49. The standard InChI is InChI=1S/C19H17Cl2N3O2S2/c1-9(16(25)22-15-11(20)6-4-7-12(15)21)27-19-23-17-14(18(26)24(19)2)10-5-3-8-13(10)28-17/h4,6-7,9H,3,5,8H2,1-2H3,(H,22,25). The minimum atomic E-state index is -0.491. The molecule has 1 aromatic carbocycles. The number of thiophene rings is 1. The molecule has 1 aliphatic rings. The summed E-state index contributed by atoms with van der Waals surface area (Å²) in [4.78, 5) is 32.2. The van der Waals surface area contributed by atoms with Crippen molar-refractivity contribution in [1.29, 1.82) is 0 Å². The SMILES string of the molecule is CC(Sc1nc2sc3c(c2c(=O)n1C)CCC3)C(=O)Nc1c(Cl)cccc1Cl. The molecule has 2 heterocycles. The molecule has 0 radical (unpaired) electrons. The van der Waals surface area contributed by atoms with Gasteiger partial charge in [-0.25, -0.2) is 4.98 Å². The fourth-order valence-electron chi connectivity index (χ4n) is 3.26. The van der Waals surface area contributed by atoms with Gasteiger partial charge in [0, 0.05) is 11.9 Å². The second kappa shape index (κ2) is 7.71. The lowest BCUT2D eigenvalue weighted by Gasteiger charge is -2.15. The molecule has 1 amide bonds. The van der Waals surface area contributed by atoms with Crippen LogP contribution in [-0.2, 0) is 24.7 Å². The van der Waals surface area contributed by atoms with Crippen LogP contribution in [0.2, 0.25) is 10.0 Å². The molecule has 1 unspecified atom stereocenters. The highest BCUT2D eigenvalue weighted by molar-refractivity contribution is 8.00. The topological polar surface area (TPSA) is 64.0 Å². The number of rotatable bonds is 4. The van der Waals surface area contributed by atoms with Crippen LogP contribution in [0.4, 0.5) is 5.69 Å². The Morgan fingerprint density at radius 1 is 1.32 bits per heavy atom. The van der Waals surface area contributed by atoms with E-state index in [0.717, 1.165) is 35.0 Å². The van der Waals surface area contributed by atoms with Gasteiger partial charge in [-0.15, -0.1) is 11.3 Å². The van der Waals surface area contributed by atoms with Crippen molar-refractivity contribution in [2.24, 2.45) is 7.05 Å². The summed E-state index contributed by atoms with van der Waals surface area (Å²) < 4.78 is 1.53. The van der Waals surface area contributed by atoms with Crippen molar-refractivity contribution >= 4 is 68.1 Å². The Hall–Kier alpha value is -1.54. The van der Waals surface area contributed by atoms with Crippen LogP contribution in [0.1, 0.15) is 23.8 Å². The molecule has 1 atom stereocenters. The Labute approximate surface area is 180 Å². The summed E-state index contributed by atoms with van der Waals surface area (Å²) in [5.74, 6) is -0.261. The van der Waals surface area contributed by atoms with Gasteiger partial charge in [0.1, 0.15) is 4.83 Å². The molecule has 3 aromatic rings. The van der Waals surface area contributed by atoms with Crippen molar-refractivity contribution in [2.45, 2.75) is 36.6 Å². The lowest BCUT2D eigenvalue weighted by molar-refractivity contribution is -0.115. The van der Waals surface area contributed by atoms with E-state index >= 15 is 0 Å². The normalized spacial score (nSPS) is 14.3. The average molecular weight is 454 g/mol. The molecule has 0 spiro atoms. The first-order valence-corrected chi connectivity index (χ1v) is 11.2. The Bertz CT molecular complexity index is 1140. The average Bonchev–Trinajstić information content (AvgIpc) is 3.23. The van der Waals surface area contributed by atoms with Gasteiger partial charge in [-0.2, -0.15) is 0 Å². The van der Waals surface area contributed by atoms with Crippen molar-refractivity contribution in [3.8, 4) is 0 Å². The van der Waals surface area contributed by atoms with E-state index in [-0.39, 0.29) is 11.5 Å². The zero-order valence-electron chi connectivity index (χ0n) is 15.2. The number of carbonyl (C=O) groups is 1. The Morgan fingerprint density at radius 3 is 2.75 bits per heavy atom. The second-order valence-electron chi connectivity index (χ2n) is 6.64. The Kier molecular flexibility index (Phi) is 5.44. The monoisotopic (exact) mass is 453 g/mol. The lowest BCUT2D eigenvalue weighted by Crippen LogP contribution is -2.25. The molecule has 0 saturated heterocycles. The molecule has 0 aliphatic heterocycles. The highest BCUT2D eigenvalue weighted by Gasteiger charge is 2.24. The first-order chi connectivity index (χ1) is 13.4. The fourth-order valence-corrected chi connectivity index (χ4v) is 5.93. The third-order valence-electron chi connectivity index (χ3n) is 4.77. The molecular weight excluding hydrogens is 437 g/mol. The van der Waals surface area contributed by atoms with Gasteiger partial charge in [-0.3, -0.25) is 14.2 Å². The zero-order chi connectivity index (χ0) is 20.0. The minimum absolute atomic E-state index is 0.0475.